The second-order valence-electron chi connectivity index (χ2n) is 8.27. The molecule has 1 amide bonds. The van der Waals surface area contributed by atoms with E-state index in [1.165, 1.54) is 12.1 Å². The summed E-state index contributed by atoms with van der Waals surface area (Å²) >= 11 is 0. The maximum Gasteiger partial charge on any atom is 0.254 e. The van der Waals surface area contributed by atoms with Gasteiger partial charge in [0, 0.05) is 18.4 Å². The van der Waals surface area contributed by atoms with Gasteiger partial charge in [-0.15, -0.1) is 0 Å². The van der Waals surface area contributed by atoms with Crippen molar-refractivity contribution in [2.24, 2.45) is 17.6 Å². The molecule has 2 atom stereocenters. The number of carbonyl (C=O) groups excluding carboxylic acids is 1. The van der Waals surface area contributed by atoms with Crippen molar-refractivity contribution in [1.29, 1.82) is 5.26 Å². The van der Waals surface area contributed by atoms with Crippen LogP contribution in [-0.2, 0) is 10.0 Å². The van der Waals surface area contributed by atoms with E-state index in [0.29, 0.717) is 18.2 Å². The molecule has 31 heavy (non-hydrogen) atoms. The van der Waals surface area contributed by atoms with Crippen LogP contribution < -0.4 is 15.8 Å². The molecule has 164 valence electrons. The van der Waals surface area contributed by atoms with Gasteiger partial charge in [0.1, 0.15) is 5.56 Å². The molecule has 4 rings (SSSR count). The molecule has 0 aliphatic heterocycles. The van der Waals surface area contributed by atoms with Gasteiger partial charge in [0.25, 0.3) is 5.91 Å². The summed E-state index contributed by atoms with van der Waals surface area (Å²) in [5.41, 5.74) is 6.34. The Morgan fingerprint density at radius 1 is 1.19 bits per heavy atom. The molecule has 0 bridgehead atoms. The molecular formula is C21H26N6O3S. The summed E-state index contributed by atoms with van der Waals surface area (Å²) in [4.78, 5) is 12.1. The van der Waals surface area contributed by atoms with Gasteiger partial charge in [-0.1, -0.05) is 12.8 Å². The highest BCUT2D eigenvalue weighted by Crippen LogP contribution is 2.34. The predicted molar refractivity (Wildman–Crippen MR) is 115 cm³/mol. The lowest BCUT2D eigenvalue weighted by molar-refractivity contribution is 0.100. The summed E-state index contributed by atoms with van der Waals surface area (Å²) < 4.78 is 29.1. The first-order valence-corrected chi connectivity index (χ1v) is 12.0. The monoisotopic (exact) mass is 442 g/mol. The van der Waals surface area contributed by atoms with Crippen molar-refractivity contribution in [1.82, 2.24) is 14.5 Å². The van der Waals surface area contributed by atoms with Crippen LogP contribution in [0.2, 0.25) is 0 Å². The van der Waals surface area contributed by atoms with Crippen LogP contribution in [0.1, 0.15) is 54.9 Å². The summed E-state index contributed by atoms with van der Waals surface area (Å²) in [5.74, 6) is -0.0449. The second-order valence-corrected chi connectivity index (χ2v) is 10.0. The fraction of sp³-hybridized carbons (Fsp3) is 0.476. The van der Waals surface area contributed by atoms with Crippen molar-refractivity contribution in [3.63, 3.8) is 0 Å². The first-order valence-electron chi connectivity index (χ1n) is 10.5. The Hall–Kier alpha value is -2.90. The minimum absolute atomic E-state index is 0.0996. The molecule has 1 aromatic heterocycles. The lowest BCUT2D eigenvalue weighted by Crippen LogP contribution is -2.25. The molecule has 0 radical (unpaired) electrons. The number of primary amides is 1. The maximum absolute atomic E-state index is 12.4. The third kappa shape index (κ3) is 4.89. The van der Waals surface area contributed by atoms with Crippen molar-refractivity contribution in [3.8, 4) is 6.07 Å². The number of sulfonamides is 1. The Labute approximate surface area is 181 Å². The molecule has 4 N–H and O–H groups in total. The number of carbonyl (C=O) groups is 1. The zero-order valence-corrected chi connectivity index (χ0v) is 17.9. The number of nitriles is 1. The van der Waals surface area contributed by atoms with Gasteiger partial charge in [0.15, 0.2) is 5.82 Å². The largest absolute Gasteiger partial charge is 0.365 e. The molecule has 1 aromatic carbocycles. The minimum Gasteiger partial charge on any atom is -0.365 e. The molecule has 0 unspecified atom stereocenters. The van der Waals surface area contributed by atoms with Crippen molar-refractivity contribution in [2.45, 2.75) is 49.5 Å². The third-order valence-corrected chi connectivity index (χ3v) is 7.36. The van der Waals surface area contributed by atoms with Gasteiger partial charge in [0.2, 0.25) is 10.0 Å². The smallest absolute Gasteiger partial charge is 0.254 e. The standard InChI is InChI=1S/C21H26N6O3S/c22-11-15-3-1-2-4-19(15)27-13-18(20(23)28)21(26-27)25-16-7-9-17(10-8-16)31(29,30)24-12-14-5-6-14/h7-10,13-15,19,24H,1-6,12H2,(H2,23,28)(H,25,26)/t15-,19+/m0/s1. The highest BCUT2D eigenvalue weighted by atomic mass is 32.2. The van der Waals surface area contributed by atoms with Gasteiger partial charge in [0.05, 0.1) is 22.9 Å². The normalized spacial score (nSPS) is 21.4. The van der Waals surface area contributed by atoms with Gasteiger partial charge in [-0.2, -0.15) is 10.4 Å². The molecule has 0 saturated heterocycles. The van der Waals surface area contributed by atoms with Crippen LogP contribution in [0, 0.1) is 23.2 Å². The average molecular weight is 443 g/mol. The Balaban J connectivity index is 1.52. The van der Waals surface area contributed by atoms with Crippen LogP contribution >= 0.6 is 0 Å². The average Bonchev–Trinajstić information content (AvgIpc) is 3.51. The van der Waals surface area contributed by atoms with Gasteiger partial charge < -0.3 is 11.1 Å². The number of nitrogens with zero attached hydrogens (tertiary/aromatic N) is 3. The molecule has 0 spiro atoms. The van der Waals surface area contributed by atoms with Crippen LogP contribution in [0.3, 0.4) is 0 Å². The Kier molecular flexibility index (Phi) is 5.98. The molecule has 2 fully saturated rings. The number of benzene rings is 1. The van der Waals surface area contributed by atoms with Crippen LogP contribution in [-0.4, -0.2) is 30.7 Å². The zero-order chi connectivity index (χ0) is 22.0. The van der Waals surface area contributed by atoms with E-state index in [2.05, 4.69) is 21.2 Å². The van der Waals surface area contributed by atoms with Crippen LogP contribution in [0.4, 0.5) is 11.5 Å². The topological polar surface area (TPSA) is 143 Å². The lowest BCUT2D eigenvalue weighted by atomic mass is 9.85. The molecule has 9 nitrogen and oxygen atoms in total. The molecular weight excluding hydrogens is 416 g/mol. The number of nitrogens with one attached hydrogen (secondary N) is 2. The van der Waals surface area contributed by atoms with Crippen molar-refractivity contribution in [3.05, 3.63) is 36.0 Å². The number of hydrogen-bond acceptors (Lipinski definition) is 6. The van der Waals surface area contributed by atoms with Gasteiger partial charge in [-0.25, -0.2) is 13.1 Å². The summed E-state index contributed by atoms with van der Waals surface area (Å²) in [7, 11) is -3.55. The van der Waals surface area contributed by atoms with Crippen molar-refractivity contribution in [2.75, 3.05) is 11.9 Å². The fourth-order valence-electron chi connectivity index (χ4n) is 3.90. The highest BCUT2D eigenvalue weighted by molar-refractivity contribution is 7.89. The van der Waals surface area contributed by atoms with E-state index in [1.807, 2.05) is 0 Å². The molecule has 2 saturated carbocycles. The first-order chi connectivity index (χ1) is 14.9. The number of amides is 1. The lowest BCUT2D eigenvalue weighted by Gasteiger charge is -2.26. The van der Waals surface area contributed by atoms with E-state index in [-0.39, 0.29) is 28.2 Å². The third-order valence-electron chi connectivity index (χ3n) is 5.92. The van der Waals surface area contributed by atoms with E-state index in [4.69, 9.17) is 5.73 Å². The van der Waals surface area contributed by atoms with E-state index >= 15 is 0 Å². The minimum atomic E-state index is -3.55. The Morgan fingerprint density at radius 2 is 1.90 bits per heavy atom. The fourth-order valence-corrected chi connectivity index (χ4v) is 5.02. The number of aromatic nitrogens is 2. The van der Waals surface area contributed by atoms with E-state index < -0.39 is 15.9 Å². The summed E-state index contributed by atoms with van der Waals surface area (Å²) in [6.07, 6.45) is 7.35. The molecule has 2 aliphatic rings. The molecule has 10 heteroatoms. The van der Waals surface area contributed by atoms with Gasteiger partial charge >= 0.3 is 0 Å². The molecule has 2 aliphatic carbocycles. The van der Waals surface area contributed by atoms with Crippen molar-refractivity contribution < 1.29 is 13.2 Å². The zero-order valence-electron chi connectivity index (χ0n) is 17.1. The molecule has 2 aromatic rings. The van der Waals surface area contributed by atoms with Gasteiger partial charge in [-0.3, -0.25) is 9.48 Å². The summed E-state index contributed by atoms with van der Waals surface area (Å²) in [6.45, 7) is 0.465. The van der Waals surface area contributed by atoms with E-state index in [9.17, 15) is 18.5 Å². The first kappa shape index (κ1) is 21.3. The van der Waals surface area contributed by atoms with Crippen LogP contribution in [0.5, 0.6) is 0 Å². The summed E-state index contributed by atoms with van der Waals surface area (Å²) in [5, 5.41) is 17.0. The highest BCUT2D eigenvalue weighted by Gasteiger charge is 2.29. The number of hydrogen-bond donors (Lipinski definition) is 3. The maximum atomic E-state index is 12.4. The van der Waals surface area contributed by atoms with Crippen molar-refractivity contribution >= 4 is 27.4 Å². The number of nitrogens with two attached hydrogens (primary N) is 1. The Morgan fingerprint density at radius 3 is 2.55 bits per heavy atom. The number of anilines is 2. The molecule has 1 heterocycles. The quantitative estimate of drug-likeness (QED) is 0.573. The Bertz CT molecular complexity index is 1100. The number of rotatable bonds is 8. The van der Waals surface area contributed by atoms with Gasteiger partial charge in [-0.05, 0) is 55.9 Å². The van der Waals surface area contributed by atoms with Crippen LogP contribution in [0.25, 0.3) is 0 Å². The summed E-state index contributed by atoms with van der Waals surface area (Å²) in [6, 6.07) is 8.49. The SMILES string of the molecule is N#C[C@@H]1CCCC[C@H]1n1cc(C(N)=O)c(Nc2ccc(S(=O)(=O)NCC3CC3)cc2)n1. The van der Waals surface area contributed by atoms with E-state index in [1.54, 1.807) is 23.0 Å². The predicted octanol–water partition coefficient (Wildman–Crippen LogP) is 2.67. The van der Waals surface area contributed by atoms with Crippen LogP contribution in [0.15, 0.2) is 35.4 Å². The van der Waals surface area contributed by atoms with E-state index in [0.717, 1.165) is 38.5 Å². The second kappa shape index (κ2) is 8.69.